The molecule has 0 heterocycles. The number of rotatable bonds is 2. The van der Waals surface area contributed by atoms with Crippen molar-refractivity contribution >= 4 is 0 Å². The lowest BCUT2D eigenvalue weighted by Crippen LogP contribution is -1.83. The molecule has 0 atom stereocenters. The first-order chi connectivity index (χ1) is 7.70. The van der Waals surface area contributed by atoms with Crippen molar-refractivity contribution in [2.45, 2.75) is 6.67 Å². The molecule has 0 aromatic heterocycles. The fourth-order valence-corrected chi connectivity index (χ4v) is 1.53. The van der Waals surface area contributed by atoms with E-state index in [4.69, 9.17) is 5.11 Å². The fourth-order valence-electron chi connectivity index (χ4n) is 1.53. The minimum Gasteiger partial charge on any atom is -0.508 e. The Hall–Kier alpha value is -2.03. The van der Waals surface area contributed by atoms with E-state index < -0.39 is 6.67 Å². The normalized spacial score (nSPS) is 10.3. The van der Waals surface area contributed by atoms with Gasteiger partial charge in [0.05, 0.1) is 0 Å². The number of hydrogen-bond donors (Lipinski definition) is 2. The number of phenolic OH excluding ortho intramolecular Hbond substituents is 2. The molecule has 0 saturated heterocycles. The van der Waals surface area contributed by atoms with Gasteiger partial charge in [-0.1, -0.05) is 18.2 Å². The van der Waals surface area contributed by atoms with E-state index in [-0.39, 0.29) is 17.1 Å². The van der Waals surface area contributed by atoms with Crippen LogP contribution in [-0.4, -0.2) is 10.2 Å². The van der Waals surface area contributed by atoms with E-state index in [1.807, 2.05) is 0 Å². The summed E-state index contributed by atoms with van der Waals surface area (Å²) in [5, 5.41) is 18.5. The zero-order chi connectivity index (χ0) is 11.5. The smallest absolute Gasteiger partial charge is 0.121 e. The van der Waals surface area contributed by atoms with Gasteiger partial charge in [0.25, 0.3) is 0 Å². The highest BCUT2D eigenvalue weighted by molar-refractivity contribution is 5.66. The molecule has 2 N–H and O–H groups in total. The van der Waals surface area contributed by atoms with Gasteiger partial charge < -0.3 is 10.2 Å². The van der Waals surface area contributed by atoms with Crippen LogP contribution in [0.5, 0.6) is 11.5 Å². The Bertz CT molecular complexity index is 492. The molecule has 0 unspecified atom stereocenters. The van der Waals surface area contributed by atoms with E-state index in [9.17, 15) is 9.50 Å². The summed E-state index contributed by atoms with van der Waals surface area (Å²) < 4.78 is 12.5. The molecule has 0 bridgehead atoms. The van der Waals surface area contributed by atoms with E-state index in [0.29, 0.717) is 0 Å². The standard InChI is InChI=1S/C13H11FO2/c14-8-11-7-10(3-6-13(11)16)9-1-4-12(15)5-2-9/h1-7,15-16H,8H2. The Kier molecular flexibility index (Phi) is 2.77. The molecular weight excluding hydrogens is 207 g/mol. The predicted molar refractivity (Wildman–Crippen MR) is 60.0 cm³/mol. The third kappa shape index (κ3) is 1.98. The second kappa shape index (κ2) is 4.23. The van der Waals surface area contributed by atoms with Crippen molar-refractivity contribution < 1.29 is 14.6 Å². The first-order valence-corrected chi connectivity index (χ1v) is 4.88. The first kappa shape index (κ1) is 10.5. The van der Waals surface area contributed by atoms with Crippen LogP contribution in [0.4, 0.5) is 4.39 Å². The van der Waals surface area contributed by atoms with Gasteiger partial charge in [-0.2, -0.15) is 0 Å². The topological polar surface area (TPSA) is 40.5 Å². The summed E-state index contributed by atoms with van der Waals surface area (Å²) in [5.74, 6) is 0.151. The highest BCUT2D eigenvalue weighted by Gasteiger charge is 2.04. The Morgan fingerprint density at radius 3 is 2.12 bits per heavy atom. The SMILES string of the molecule is Oc1ccc(-c2ccc(O)c(CF)c2)cc1. The summed E-state index contributed by atoms with van der Waals surface area (Å²) in [6, 6.07) is 11.4. The fraction of sp³-hybridized carbons (Fsp3) is 0.0769. The highest BCUT2D eigenvalue weighted by atomic mass is 19.1. The van der Waals surface area contributed by atoms with Gasteiger partial charge in [-0.15, -0.1) is 0 Å². The van der Waals surface area contributed by atoms with E-state index in [1.165, 1.54) is 6.07 Å². The van der Waals surface area contributed by atoms with Gasteiger partial charge >= 0.3 is 0 Å². The Morgan fingerprint density at radius 2 is 1.50 bits per heavy atom. The van der Waals surface area contributed by atoms with Crippen molar-refractivity contribution in [3.63, 3.8) is 0 Å². The van der Waals surface area contributed by atoms with Crippen molar-refractivity contribution in [1.29, 1.82) is 0 Å². The van der Waals surface area contributed by atoms with Gasteiger partial charge in [0.2, 0.25) is 0 Å². The maximum absolute atomic E-state index is 12.5. The van der Waals surface area contributed by atoms with Crippen molar-refractivity contribution in [1.82, 2.24) is 0 Å². The molecule has 0 saturated carbocycles. The molecule has 2 aromatic rings. The lowest BCUT2D eigenvalue weighted by atomic mass is 10.0. The molecule has 2 rings (SSSR count). The van der Waals surface area contributed by atoms with Crippen molar-refractivity contribution in [2.75, 3.05) is 0 Å². The van der Waals surface area contributed by atoms with Gasteiger partial charge in [0.15, 0.2) is 0 Å². The van der Waals surface area contributed by atoms with E-state index in [0.717, 1.165) is 11.1 Å². The first-order valence-electron chi connectivity index (χ1n) is 4.88. The second-order valence-corrected chi connectivity index (χ2v) is 3.52. The number of alkyl halides is 1. The molecule has 0 aliphatic carbocycles. The van der Waals surface area contributed by atoms with Gasteiger partial charge in [0, 0.05) is 5.56 Å². The van der Waals surface area contributed by atoms with Crippen molar-refractivity contribution in [3.05, 3.63) is 48.0 Å². The number of halogens is 1. The lowest BCUT2D eigenvalue weighted by Gasteiger charge is -2.05. The maximum atomic E-state index is 12.5. The molecule has 3 heteroatoms. The predicted octanol–water partition coefficient (Wildman–Crippen LogP) is 3.23. The Labute approximate surface area is 92.6 Å². The summed E-state index contributed by atoms with van der Waals surface area (Å²) >= 11 is 0. The van der Waals surface area contributed by atoms with Crippen LogP contribution < -0.4 is 0 Å². The van der Waals surface area contributed by atoms with Crippen LogP contribution in [0, 0.1) is 0 Å². The molecule has 0 aliphatic rings. The molecule has 0 spiro atoms. The largest absolute Gasteiger partial charge is 0.508 e. The van der Waals surface area contributed by atoms with Crippen LogP contribution in [-0.2, 0) is 6.67 Å². The summed E-state index contributed by atoms with van der Waals surface area (Å²) in [5.41, 5.74) is 1.95. The van der Waals surface area contributed by atoms with Gasteiger partial charge in [0.1, 0.15) is 18.2 Å². The third-order valence-corrected chi connectivity index (χ3v) is 2.42. The molecule has 0 fully saturated rings. The number of benzene rings is 2. The van der Waals surface area contributed by atoms with Gasteiger partial charge in [-0.3, -0.25) is 0 Å². The molecule has 0 amide bonds. The minimum absolute atomic E-state index is 0.0370. The molecule has 0 radical (unpaired) electrons. The lowest BCUT2D eigenvalue weighted by molar-refractivity contribution is 0.433. The third-order valence-electron chi connectivity index (χ3n) is 2.42. The quantitative estimate of drug-likeness (QED) is 0.812. The molecular formula is C13H11FO2. The molecule has 82 valence electrons. The summed E-state index contributed by atoms with van der Waals surface area (Å²) in [7, 11) is 0. The van der Waals surface area contributed by atoms with Crippen LogP contribution in [0.15, 0.2) is 42.5 Å². The monoisotopic (exact) mass is 218 g/mol. The van der Waals surface area contributed by atoms with Crippen molar-refractivity contribution in [2.24, 2.45) is 0 Å². The average Bonchev–Trinajstić information content (AvgIpc) is 2.31. The molecule has 16 heavy (non-hydrogen) atoms. The van der Waals surface area contributed by atoms with Crippen LogP contribution in [0.3, 0.4) is 0 Å². The van der Waals surface area contributed by atoms with Crippen LogP contribution >= 0.6 is 0 Å². The van der Waals surface area contributed by atoms with Crippen LogP contribution in [0.2, 0.25) is 0 Å². The van der Waals surface area contributed by atoms with E-state index in [1.54, 1.807) is 36.4 Å². The minimum atomic E-state index is -0.697. The Balaban J connectivity index is 2.44. The summed E-state index contributed by atoms with van der Waals surface area (Å²) in [4.78, 5) is 0. The summed E-state index contributed by atoms with van der Waals surface area (Å²) in [6.45, 7) is -0.697. The van der Waals surface area contributed by atoms with Crippen LogP contribution in [0.1, 0.15) is 5.56 Å². The molecule has 0 aliphatic heterocycles. The zero-order valence-electron chi connectivity index (χ0n) is 8.52. The average molecular weight is 218 g/mol. The van der Waals surface area contributed by atoms with E-state index in [2.05, 4.69) is 0 Å². The van der Waals surface area contributed by atoms with E-state index >= 15 is 0 Å². The van der Waals surface area contributed by atoms with Gasteiger partial charge in [-0.05, 0) is 35.4 Å². The molecule has 2 nitrogen and oxygen atoms in total. The Morgan fingerprint density at radius 1 is 0.875 bits per heavy atom. The molecule has 2 aromatic carbocycles. The zero-order valence-corrected chi connectivity index (χ0v) is 8.52. The van der Waals surface area contributed by atoms with Crippen molar-refractivity contribution in [3.8, 4) is 22.6 Å². The van der Waals surface area contributed by atoms with Crippen LogP contribution in [0.25, 0.3) is 11.1 Å². The number of aromatic hydroxyl groups is 2. The maximum Gasteiger partial charge on any atom is 0.121 e. The van der Waals surface area contributed by atoms with Gasteiger partial charge in [-0.25, -0.2) is 4.39 Å². The summed E-state index contributed by atoms with van der Waals surface area (Å²) in [6.07, 6.45) is 0. The highest BCUT2D eigenvalue weighted by Crippen LogP contribution is 2.27. The number of hydrogen-bond acceptors (Lipinski definition) is 2. The second-order valence-electron chi connectivity index (χ2n) is 3.52. The number of phenols is 2.